The highest BCUT2D eigenvalue weighted by Crippen LogP contribution is 2.36. The molecule has 0 fully saturated rings. The molecule has 1 aliphatic rings. The smallest absolute Gasteiger partial charge is 0.312 e. The van der Waals surface area contributed by atoms with Crippen LogP contribution in [0.1, 0.15) is 11.4 Å². The average Bonchev–Trinajstić information content (AvgIpc) is 3.06. The summed E-state index contributed by atoms with van der Waals surface area (Å²) in [6.45, 7) is 0.229. The van der Waals surface area contributed by atoms with Gasteiger partial charge in [-0.05, 0) is 40.3 Å². The van der Waals surface area contributed by atoms with E-state index in [0.29, 0.717) is 29.2 Å². The van der Waals surface area contributed by atoms with Crippen molar-refractivity contribution >= 4 is 39.6 Å². The van der Waals surface area contributed by atoms with Gasteiger partial charge in [0.15, 0.2) is 28.5 Å². The molecule has 0 radical (unpaired) electrons. The Hall–Kier alpha value is -2.17. The van der Waals surface area contributed by atoms with E-state index >= 15 is 0 Å². The van der Waals surface area contributed by atoms with Gasteiger partial charge in [-0.2, -0.15) is 14.4 Å². The minimum absolute atomic E-state index is 0.0368. The number of anilines is 1. The number of imidazole rings is 1. The van der Waals surface area contributed by atoms with Gasteiger partial charge in [0.25, 0.3) is 0 Å². The molecule has 9 heteroatoms. The minimum atomic E-state index is -0.859. The molecule has 118 valence electrons. The zero-order valence-corrected chi connectivity index (χ0v) is 14.2. The van der Waals surface area contributed by atoms with Gasteiger partial charge in [-0.1, -0.05) is 0 Å². The molecule has 0 saturated carbocycles. The number of hydrogen-bond acceptors (Lipinski definition) is 6. The van der Waals surface area contributed by atoms with Crippen LogP contribution in [0.4, 0.5) is 10.2 Å². The molecule has 3 heterocycles. The Labute approximate surface area is 143 Å². The Kier molecular flexibility index (Phi) is 3.25. The Bertz CT molecular complexity index is 943. The quantitative estimate of drug-likeness (QED) is 0.498. The number of aromatic nitrogens is 4. The topological polar surface area (TPSA) is 88.1 Å². The van der Waals surface area contributed by atoms with E-state index in [-0.39, 0.29) is 12.6 Å². The van der Waals surface area contributed by atoms with Gasteiger partial charge < -0.3 is 19.8 Å². The van der Waals surface area contributed by atoms with Gasteiger partial charge in [0.2, 0.25) is 6.79 Å². The molecule has 1 aliphatic heterocycles. The molecule has 0 saturated heterocycles. The lowest BCUT2D eigenvalue weighted by atomic mass is 10.1. The molecule has 0 spiro atoms. The molecule has 0 unspecified atom stereocenters. The molecule has 0 bridgehead atoms. The van der Waals surface area contributed by atoms with Gasteiger partial charge in [0.1, 0.15) is 5.82 Å². The fourth-order valence-electron chi connectivity index (χ4n) is 2.52. The van der Waals surface area contributed by atoms with E-state index < -0.39 is 6.08 Å². The highest BCUT2D eigenvalue weighted by atomic mass is 127. The van der Waals surface area contributed by atoms with Gasteiger partial charge in [-0.25, -0.2) is 4.98 Å². The van der Waals surface area contributed by atoms with Crippen LogP contribution >= 0.6 is 22.6 Å². The Morgan fingerprint density at radius 3 is 2.78 bits per heavy atom. The second kappa shape index (κ2) is 5.18. The summed E-state index contributed by atoms with van der Waals surface area (Å²) in [5.41, 5.74) is 7.54. The zero-order chi connectivity index (χ0) is 16.1. The van der Waals surface area contributed by atoms with E-state index in [2.05, 4.69) is 37.5 Å². The average molecular weight is 427 g/mol. The predicted molar refractivity (Wildman–Crippen MR) is 88.8 cm³/mol. The van der Waals surface area contributed by atoms with Crippen LogP contribution in [0, 0.1) is 9.65 Å². The SMILES string of the molecule is Cn1c(Cc2cc3c(cc2I)OCO3)nc2c(N)nc(F)nc21. The third-order valence-corrected chi connectivity index (χ3v) is 4.71. The van der Waals surface area contributed by atoms with Gasteiger partial charge in [0.05, 0.1) is 0 Å². The van der Waals surface area contributed by atoms with E-state index in [0.717, 1.165) is 14.9 Å². The molecule has 3 aromatic rings. The third kappa shape index (κ3) is 2.35. The summed E-state index contributed by atoms with van der Waals surface area (Å²) in [5.74, 6) is 2.20. The number of ether oxygens (including phenoxy) is 2. The first-order valence-corrected chi connectivity index (χ1v) is 7.83. The second-order valence-corrected chi connectivity index (χ2v) is 6.27. The molecule has 0 aliphatic carbocycles. The fraction of sp³-hybridized carbons (Fsp3) is 0.214. The Morgan fingerprint density at radius 1 is 1.26 bits per heavy atom. The molecule has 0 amide bonds. The van der Waals surface area contributed by atoms with Crippen molar-refractivity contribution in [1.82, 2.24) is 19.5 Å². The van der Waals surface area contributed by atoms with Crippen molar-refractivity contribution in [3.63, 3.8) is 0 Å². The number of hydrogen-bond donors (Lipinski definition) is 1. The van der Waals surface area contributed by atoms with Gasteiger partial charge >= 0.3 is 6.08 Å². The minimum Gasteiger partial charge on any atom is -0.454 e. The summed E-state index contributed by atoms with van der Waals surface area (Å²) in [6, 6.07) is 3.85. The first-order chi connectivity index (χ1) is 11.0. The van der Waals surface area contributed by atoms with Crippen molar-refractivity contribution in [2.75, 3.05) is 12.5 Å². The van der Waals surface area contributed by atoms with Gasteiger partial charge in [-0.15, -0.1) is 0 Å². The second-order valence-electron chi connectivity index (χ2n) is 5.11. The number of fused-ring (bicyclic) bond motifs is 2. The molecule has 0 atom stereocenters. The van der Waals surface area contributed by atoms with E-state index in [4.69, 9.17) is 15.2 Å². The van der Waals surface area contributed by atoms with Crippen molar-refractivity contribution in [2.45, 2.75) is 6.42 Å². The summed E-state index contributed by atoms with van der Waals surface area (Å²) >= 11 is 2.24. The summed E-state index contributed by atoms with van der Waals surface area (Å²) in [4.78, 5) is 11.7. The molecular weight excluding hydrogens is 416 g/mol. The fourth-order valence-corrected chi connectivity index (χ4v) is 3.15. The molecule has 4 rings (SSSR count). The van der Waals surface area contributed by atoms with Crippen LogP contribution in [0.5, 0.6) is 11.5 Å². The lowest BCUT2D eigenvalue weighted by molar-refractivity contribution is 0.174. The number of benzene rings is 1. The van der Waals surface area contributed by atoms with Crippen LogP contribution in [-0.2, 0) is 13.5 Å². The highest BCUT2D eigenvalue weighted by Gasteiger charge is 2.19. The normalized spacial score (nSPS) is 13.0. The van der Waals surface area contributed by atoms with Crippen LogP contribution < -0.4 is 15.2 Å². The number of nitrogens with zero attached hydrogens (tertiary/aromatic N) is 4. The van der Waals surface area contributed by atoms with Crippen LogP contribution in [0.25, 0.3) is 11.2 Å². The Balaban J connectivity index is 1.79. The van der Waals surface area contributed by atoms with Crippen molar-refractivity contribution in [1.29, 1.82) is 0 Å². The number of nitrogen functional groups attached to an aromatic ring is 1. The van der Waals surface area contributed by atoms with Crippen LogP contribution in [-0.4, -0.2) is 26.3 Å². The monoisotopic (exact) mass is 427 g/mol. The number of rotatable bonds is 2. The molecule has 1 aromatic carbocycles. The first kappa shape index (κ1) is 14.4. The Morgan fingerprint density at radius 2 is 2.00 bits per heavy atom. The van der Waals surface area contributed by atoms with Gasteiger partial charge in [-0.3, -0.25) is 0 Å². The van der Waals surface area contributed by atoms with Crippen LogP contribution in [0.3, 0.4) is 0 Å². The summed E-state index contributed by atoms with van der Waals surface area (Å²) < 4.78 is 26.9. The third-order valence-electron chi connectivity index (χ3n) is 3.70. The first-order valence-electron chi connectivity index (χ1n) is 6.75. The maximum absolute atomic E-state index is 13.4. The molecule has 7 nitrogen and oxygen atoms in total. The molecule has 2 N–H and O–H groups in total. The van der Waals surface area contributed by atoms with Crippen molar-refractivity contribution in [3.05, 3.63) is 33.2 Å². The molecular formula is C14H11FIN5O2. The summed E-state index contributed by atoms with van der Waals surface area (Å²) in [6.07, 6.45) is -0.328. The van der Waals surface area contributed by atoms with Gasteiger partial charge in [0, 0.05) is 17.0 Å². The maximum Gasteiger partial charge on any atom is 0.312 e. The summed E-state index contributed by atoms with van der Waals surface area (Å²) in [7, 11) is 1.77. The van der Waals surface area contributed by atoms with Crippen molar-refractivity contribution in [2.24, 2.45) is 7.05 Å². The largest absolute Gasteiger partial charge is 0.454 e. The maximum atomic E-state index is 13.4. The van der Waals surface area contributed by atoms with Crippen LogP contribution in [0.2, 0.25) is 0 Å². The van der Waals surface area contributed by atoms with E-state index in [1.807, 2.05) is 12.1 Å². The number of aryl methyl sites for hydroxylation is 1. The van der Waals surface area contributed by atoms with Crippen molar-refractivity contribution < 1.29 is 13.9 Å². The van der Waals surface area contributed by atoms with E-state index in [9.17, 15) is 4.39 Å². The van der Waals surface area contributed by atoms with Crippen molar-refractivity contribution in [3.8, 4) is 11.5 Å². The lowest BCUT2D eigenvalue weighted by Crippen LogP contribution is -2.02. The number of nitrogens with two attached hydrogens (primary N) is 1. The standard InChI is InChI=1S/C14H11FIN5O2/c1-21-10(18-11-12(17)19-14(15)20-13(11)21)3-6-2-8-9(4-7(6)16)23-5-22-8/h2,4H,3,5H2,1H3,(H2,17,19,20). The van der Waals surface area contributed by atoms with Crippen LogP contribution in [0.15, 0.2) is 12.1 Å². The summed E-state index contributed by atoms with van der Waals surface area (Å²) in [5, 5.41) is 0. The predicted octanol–water partition coefficient (Wildman–Crippen LogP) is 2.01. The highest BCUT2D eigenvalue weighted by molar-refractivity contribution is 14.1. The molecule has 2 aromatic heterocycles. The zero-order valence-electron chi connectivity index (χ0n) is 12.0. The number of halogens is 2. The lowest BCUT2D eigenvalue weighted by Gasteiger charge is -2.06. The van der Waals surface area contributed by atoms with E-state index in [1.165, 1.54) is 0 Å². The molecule has 23 heavy (non-hydrogen) atoms. The van der Waals surface area contributed by atoms with E-state index in [1.54, 1.807) is 11.6 Å².